The van der Waals surface area contributed by atoms with Crippen LogP contribution in [-0.4, -0.2) is 47.6 Å². The van der Waals surface area contributed by atoms with Gasteiger partial charge in [0.05, 0.1) is 0 Å². The maximum absolute atomic E-state index is 11.7. The molecule has 90 valence electrons. The number of amides is 1. The second kappa shape index (κ2) is 4.34. The van der Waals surface area contributed by atoms with E-state index >= 15 is 0 Å². The number of hydrazine groups is 1. The highest BCUT2D eigenvalue weighted by atomic mass is 16.2. The van der Waals surface area contributed by atoms with Crippen LogP contribution in [-0.2, 0) is 4.79 Å². The van der Waals surface area contributed by atoms with Gasteiger partial charge in [-0.2, -0.15) is 0 Å². The van der Waals surface area contributed by atoms with Gasteiger partial charge in [-0.1, -0.05) is 0 Å². The van der Waals surface area contributed by atoms with Crippen molar-refractivity contribution in [2.45, 2.75) is 50.6 Å². The Balaban J connectivity index is 1.51. The molecule has 3 aliphatic rings. The van der Waals surface area contributed by atoms with E-state index in [1.54, 1.807) is 0 Å². The van der Waals surface area contributed by atoms with Crippen molar-refractivity contribution in [3.63, 3.8) is 0 Å². The number of nitrogens with zero attached hydrogens (tertiary/aromatic N) is 2. The maximum Gasteiger partial charge on any atom is 0.238 e. The summed E-state index contributed by atoms with van der Waals surface area (Å²) in [7, 11) is 0. The lowest BCUT2D eigenvalue weighted by Gasteiger charge is -2.28. The zero-order valence-corrected chi connectivity index (χ0v) is 9.82. The topological polar surface area (TPSA) is 35.6 Å². The van der Waals surface area contributed by atoms with E-state index in [0.717, 1.165) is 19.5 Å². The number of hydrogen-bond acceptors (Lipinski definition) is 3. The molecule has 2 saturated heterocycles. The normalized spacial score (nSPS) is 31.6. The molecule has 1 amide bonds. The summed E-state index contributed by atoms with van der Waals surface area (Å²) < 4.78 is 0. The number of hydrogen-bond donors (Lipinski definition) is 1. The first-order valence-electron chi connectivity index (χ1n) is 6.65. The Hall–Kier alpha value is -0.610. The van der Waals surface area contributed by atoms with Crippen LogP contribution < -0.4 is 5.32 Å². The minimum absolute atomic E-state index is 0.349. The van der Waals surface area contributed by atoms with Crippen molar-refractivity contribution < 1.29 is 4.79 Å². The standard InChI is InChI=1S/C12H21N3O/c16-12-6-9-14(15(12)11-3-4-11)8-5-10-2-1-7-13-10/h10-11,13H,1-9H2. The highest BCUT2D eigenvalue weighted by Gasteiger charge is 2.40. The van der Waals surface area contributed by atoms with Gasteiger partial charge < -0.3 is 5.32 Å². The average molecular weight is 223 g/mol. The van der Waals surface area contributed by atoms with Gasteiger partial charge in [-0.25, -0.2) is 5.01 Å². The molecule has 1 atom stereocenters. The predicted octanol–water partition coefficient (Wildman–Crippen LogP) is 0.740. The van der Waals surface area contributed by atoms with Gasteiger partial charge in [-0.3, -0.25) is 9.80 Å². The maximum atomic E-state index is 11.7. The molecule has 0 aromatic rings. The fraction of sp³-hybridized carbons (Fsp3) is 0.917. The van der Waals surface area contributed by atoms with Crippen LogP contribution in [0.4, 0.5) is 0 Å². The first-order chi connectivity index (χ1) is 7.84. The van der Waals surface area contributed by atoms with E-state index in [2.05, 4.69) is 15.3 Å². The van der Waals surface area contributed by atoms with E-state index in [4.69, 9.17) is 0 Å². The molecular formula is C12H21N3O. The zero-order chi connectivity index (χ0) is 11.0. The largest absolute Gasteiger partial charge is 0.314 e. The van der Waals surface area contributed by atoms with Crippen LogP contribution >= 0.6 is 0 Å². The summed E-state index contributed by atoms with van der Waals surface area (Å²) in [5, 5.41) is 7.86. The molecule has 0 bridgehead atoms. The second-order valence-electron chi connectivity index (χ2n) is 5.26. The Morgan fingerprint density at radius 3 is 2.88 bits per heavy atom. The van der Waals surface area contributed by atoms with Crippen LogP contribution in [0, 0.1) is 0 Å². The van der Waals surface area contributed by atoms with Gasteiger partial charge in [-0.15, -0.1) is 0 Å². The average Bonchev–Trinajstić information content (AvgIpc) is 2.85. The fourth-order valence-electron chi connectivity index (χ4n) is 2.89. The molecule has 2 aliphatic heterocycles. The van der Waals surface area contributed by atoms with E-state index in [0.29, 0.717) is 18.0 Å². The van der Waals surface area contributed by atoms with Crippen molar-refractivity contribution in [1.29, 1.82) is 0 Å². The van der Waals surface area contributed by atoms with Crippen molar-refractivity contribution in [2.24, 2.45) is 0 Å². The number of carbonyl (C=O) groups excluding carboxylic acids is 1. The van der Waals surface area contributed by atoms with Crippen LogP contribution in [0.2, 0.25) is 0 Å². The highest BCUT2D eigenvalue weighted by molar-refractivity contribution is 5.78. The Morgan fingerprint density at radius 2 is 2.19 bits per heavy atom. The Labute approximate surface area is 96.9 Å². The van der Waals surface area contributed by atoms with E-state index in [1.165, 1.54) is 38.6 Å². The summed E-state index contributed by atoms with van der Waals surface area (Å²) in [6.45, 7) is 3.18. The Bertz CT molecular complexity index is 271. The van der Waals surface area contributed by atoms with Gasteiger partial charge in [0.25, 0.3) is 0 Å². The van der Waals surface area contributed by atoms with Crippen molar-refractivity contribution in [3.05, 3.63) is 0 Å². The molecular weight excluding hydrogens is 202 g/mol. The molecule has 1 N–H and O–H groups in total. The van der Waals surface area contributed by atoms with E-state index < -0.39 is 0 Å². The summed E-state index contributed by atoms with van der Waals surface area (Å²) >= 11 is 0. The SMILES string of the molecule is O=C1CCN(CCC2CCCN2)N1C1CC1. The molecule has 0 spiro atoms. The molecule has 4 heteroatoms. The number of carbonyl (C=O) groups is 1. The molecule has 2 heterocycles. The first kappa shape index (κ1) is 10.5. The lowest BCUT2D eigenvalue weighted by molar-refractivity contribution is -0.139. The molecule has 1 saturated carbocycles. The highest BCUT2D eigenvalue weighted by Crippen LogP contribution is 2.31. The fourth-order valence-corrected chi connectivity index (χ4v) is 2.89. The summed E-state index contributed by atoms with van der Waals surface area (Å²) in [6.07, 6.45) is 6.97. The lowest BCUT2D eigenvalue weighted by atomic mass is 10.1. The van der Waals surface area contributed by atoms with Gasteiger partial charge in [0.1, 0.15) is 0 Å². The van der Waals surface area contributed by atoms with Crippen LogP contribution in [0.1, 0.15) is 38.5 Å². The van der Waals surface area contributed by atoms with Crippen LogP contribution in [0.25, 0.3) is 0 Å². The zero-order valence-electron chi connectivity index (χ0n) is 9.82. The molecule has 1 aliphatic carbocycles. The molecule has 16 heavy (non-hydrogen) atoms. The van der Waals surface area contributed by atoms with Gasteiger partial charge in [0.2, 0.25) is 5.91 Å². The molecule has 0 radical (unpaired) electrons. The van der Waals surface area contributed by atoms with E-state index in [-0.39, 0.29) is 0 Å². The van der Waals surface area contributed by atoms with Crippen molar-refractivity contribution >= 4 is 5.91 Å². The first-order valence-corrected chi connectivity index (χ1v) is 6.65. The number of nitrogens with one attached hydrogen (secondary N) is 1. The molecule has 3 fully saturated rings. The minimum atomic E-state index is 0.349. The molecule has 0 aromatic carbocycles. The van der Waals surface area contributed by atoms with Gasteiger partial charge in [-0.05, 0) is 38.6 Å². The van der Waals surface area contributed by atoms with Crippen LogP contribution in [0.15, 0.2) is 0 Å². The third-order valence-electron chi connectivity index (χ3n) is 3.93. The van der Waals surface area contributed by atoms with Gasteiger partial charge >= 0.3 is 0 Å². The number of rotatable bonds is 4. The Morgan fingerprint density at radius 1 is 1.31 bits per heavy atom. The lowest BCUT2D eigenvalue weighted by Crippen LogP contribution is -2.42. The molecule has 3 rings (SSSR count). The second-order valence-corrected chi connectivity index (χ2v) is 5.26. The third kappa shape index (κ3) is 2.09. The Kier molecular flexibility index (Phi) is 2.86. The summed E-state index contributed by atoms with van der Waals surface area (Å²) in [4.78, 5) is 11.7. The third-order valence-corrected chi connectivity index (χ3v) is 3.93. The van der Waals surface area contributed by atoms with Crippen LogP contribution in [0.3, 0.4) is 0 Å². The summed E-state index contributed by atoms with van der Waals surface area (Å²) in [5.41, 5.74) is 0. The monoisotopic (exact) mass is 223 g/mol. The summed E-state index contributed by atoms with van der Waals surface area (Å²) in [5.74, 6) is 0.349. The smallest absolute Gasteiger partial charge is 0.238 e. The molecule has 4 nitrogen and oxygen atoms in total. The van der Waals surface area contributed by atoms with Gasteiger partial charge in [0.15, 0.2) is 0 Å². The predicted molar refractivity (Wildman–Crippen MR) is 61.7 cm³/mol. The van der Waals surface area contributed by atoms with Crippen molar-refractivity contribution in [1.82, 2.24) is 15.3 Å². The minimum Gasteiger partial charge on any atom is -0.314 e. The molecule has 1 unspecified atom stereocenters. The quantitative estimate of drug-likeness (QED) is 0.763. The van der Waals surface area contributed by atoms with Crippen LogP contribution in [0.5, 0.6) is 0 Å². The summed E-state index contributed by atoms with van der Waals surface area (Å²) in [6, 6.07) is 1.24. The van der Waals surface area contributed by atoms with Crippen molar-refractivity contribution in [3.8, 4) is 0 Å². The van der Waals surface area contributed by atoms with E-state index in [1.807, 2.05) is 0 Å². The molecule has 0 aromatic heterocycles. The van der Waals surface area contributed by atoms with Crippen molar-refractivity contribution in [2.75, 3.05) is 19.6 Å². The van der Waals surface area contributed by atoms with E-state index in [9.17, 15) is 4.79 Å². The van der Waals surface area contributed by atoms with Gasteiger partial charge in [0, 0.05) is 31.6 Å².